The summed E-state index contributed by atoms with van der Waals surface area (Å²) in [4.78, 5) is 12.8. The maximum absolute atomic E-state index is 12.8. The van der Waals surface area contributed by atoms with Gasteiger partial charge in [-0.05, 0) is 66.7 Å². The van der Waals surface area contributed by atoms with Crippen molar-refractivity contribution >= 4 is 17.5 Å². The minimum Gasteiger partial charge on any atom is -0.298 e. The van der Waals surface area contributed by atoms with Gasteiger partial charge in [0.1, 0.15) is 5.78 Å². The van der Waals surface area contributed by atoms with Crippen LogP contribution in [0.5, 0.6) is 0 Å². The molecule has 0 unspecified atom stereocenters. The average Bonchev–Trinajstić information content (AvgIpc) is 2.80. The first-order chi connectivity index (χ1) is 9.64. The van der Waals surface area contributed by atoms with E-state index >= 15 is 0 Å². The topological polar surface area (TPSA) is 60.7 Å². The van der Waals surface area contributed by atoms with Crippen molar-refractivity contribution in [2.45, 2.75) is 43.7 Å². The largest absolute Gasteiger partial charge is 0.298 e. The Morgan fingerprint density at radius 2 is 1.85 bits per heavy atom. The molecule has 5 nitrogen and oxygen atoms in total. The molecule has 4 aliphatic carbocycles. The van der Waals surface area contributed by atoms with Gasteiger partial charge < -0.3 is 0 Å². The number of Topliss-reactive ketones (excluding diaryl/α,β-unsaturated/α-hetero) is 1. The zero-order valence-electron chi connectivity index (χ0n) is 11.8. The summed E-state index contributed by atoms with van der Waals surface area (Å²) in [5.41, 5.74) is 0.00771. The molecule has 4 bridgehead atoms. The van der Waals surface area contributed by atoms with Gasteiger partial charge in [0, 0.05) is 12.5 Å². The zero-order chi connectivity index (χ0) is 13.7. The van der Waals surface area contributed by atoms with Crippen molar-refractivity contribution in [3.8, 4) is 0 Å². The fraction of sp³-hybridized carbons (Fsp3) is 0.857. The molecule has 4 aliphatic rings. The van der Waals surface area contributed by atoms with Crippen LogP contribution < -0.4 is 0 Å². The maximum atomic E-state index is 12.8. The summed E-state index contributed by atoms with van der Waals surface area (Å²) >= 11 is 1.49. The summed E-state index contributed by atoms with van der Waals surface area (Å²) in [5.74, 6) is 3.45. The Kier molecular flexibility index (Phi) is 2.91. The standard InChI is InChI=1S/C14H20N4OS/c1-18-13(15-16-17-18)20-8-12(19)14-5-9-2-10(6-14)4-11(3-9)7-14/h9-11H,2-8H2,1H3. The normalized spacial score (nSPS) is 38.4. The van der Waals surface area contributed by atoms with Crippen LogP contribution in [0.3, 0.4) is 0 Å². The van der Waals surface area contributed by atoms with Crippen LogP contribution in [0.1, 0.15) is 38.5 Å². The van der Waals surface area contributed by atoms with E-state index in [0.29, 0.717) is 11.5 Å². The Balaban J connectivity index is 1.47. The molecule has 5 rings (SSSR count). The molecule has 1 heterocycles. The molecular formula is C14H20N4OS. The van der Waals surface area contributed by atoms with Gasteiger partial charge in [-0.15, -0.1) is 5.10 Å². The second-order valence-corrected chi connectivity index (χ2v) is 7.94. The van der Waals surface area contributed by atoms with Crippen molar-refractivity contribution in [2.24, 2.45) is 30.2 Å². The molecule has 0 atom stereocenters. The fourth-order valence-electron chi connectivity index (χ4n) is 5.08. The molecule has 108 valence electrons. The lowest BCUT2D eigenvalue weighted by Crippen LogP contribution is -2.50. The van der Waals surface area contributed by atoms with E-state index in [9.17, 15) is 4.79 Å². The van der Waals surface area contributed by atoms with E-state index in [4.69, 9.17) is 0 Å². The third-order valence-electron chi connectivity index (χ3n) is 5.54. The first kappa shape index (κ1) is 12.8. The summed E-state index contributed by atoms with van der Waals surface area (Å²) in [7, 11) is 1.82. The summed E-state index contributed by atoms with van der Waals surface area (Å²) in [6, 6.07) is 0. The number of thioether (sulfide) groups is 1. The number of hydrogen-bond acceptors (Lipinski definition) is 5. The number of rotatable bonds is 4. The highest BCUT2D eigenvalue weighted by Crippen LogP contribution is 2.60. The van der Waals surface area contributed by atoms with Crippen LogP contribution in [0.15, 0.2) is 5.16 Å². The Morgan fingerprint density at radius 1 is 1.25 bits per heavy atom. The van der Waals surface area contributed by atoms with Crippen molar-refractivity contribution in [2.75, 3.05) is 5.75 Å². The van der Waals surface area contributed by atoms with Crippen LogP contribution >= 0.6 is 11.8 Å². The van der Waals surface area contributed by atoms with Crippen LogP contribution in [-0.2, 0) is 11.8 Å². The number of nitrogens with zero attached hydrogens (tertiary/aromatic N) is 4. The zero-order valence-corrected chi connectivity index (χ0v) is 12.6. The van der Waals surface area contributed by atoms with Gasteiger partial charge in [0.25, 0.3) is 0 Å². The highest BCUT2D eigenvalue weighted by molar-refractivity contribution is 7.99. The number of carbonyl (C=O) groups excluding carboxylic acids is 1. The van der Waals surface area contributed by atoms with Crippen molar-refractivity contribution in [3.63, 3.8) is 0 Å². The Morgan fingerprint density at radius 3 is 2.35 bits per heavy atom. The molecule has 0 spiro atoms. The van der Waals surface area contributed by atoms with Crippen LogP contribution in [0, 0.1) is 23.2 Å². The molecule has 0 saturated heterocycles. The molecule has 1 aromatic heterocycles. The van der Waals surface area contributed by atoms with E-state index in [2.05, 4.69) is 15.5 Å². The van der Waals surface area contributed by atoms with Gasteiger partial charge >= 0.3 is 0 Å². The lowest BCUT2D eigenvalue weighted by Gasteiger charge is -2.56. The lowest BCUT2D eigenvalue weighted by atomic mass is 9.48. The number of tetrazole rings is 1. The molecule has 20 heavy (non-hydrogen) atoms. The second kappa shape index (κ2) is 4.55. The smallest absolute Gasteiger partial charge is 0.209 e. The predicted octanol–water partition coefficient (Wildman–Crippen LogP) is 2.09. The third kappa shape index (κ3) is 2.00. The summed E-state index contributed by atoms with van der Waals surface area (Å²) in [6.07, 6.45) is 7.59. The van der Waals surface area contributed by atoms with Crippen LogP contribution in [0.2, 0.25) is 0 Å². The van der Waals surface area contributed by atoms with Gasteiger partial charge in [-0.2, -0.15) is 0 Å². The van der Waals surface area contributed by atoms with Crippen molar-refractivity contribution in [3.05, 3.63) is 0 Å². The first-order valence-corrected chi connectivity index (χ1v) is 8.52. The van der Waals surface area contributed by atoms with Crippen LogP contribution in [0.4, 0.5) is 0 Å². The number of hydrogen-bond donors (Lipinski definition) is 0. The molecule has 6 heteroatoms. The molecule has 0 amide bonds. The molecule has 1 aromatic rings. The average molecular weight is 292 g/mol. The quantitative estimate of drug-likeness (QED) is 0.795. The predicted molar refractivity (Wildman–Crippen MR) is 75.1 cm³/mol. The minimum absolute atomic E-state index is 0.00771. The van der Waals surface area contributed by atoms with Gasteiger partial charge in [0.2, 0.25) is 5.16 Å². The number of aryl methyl sites for hydroxylation is 1. The number of ketones is 1. The van der Waals surface area contributed by atoms with Gasteiger partial charge in [-0.1, -0.05) is 11.8 Å². The van der Waals surface area contributed by atoms with Crippen molar-refractivity contribution in [1.82, 2.24) is 20.2 Å². The number of aromatic nitrogens is 4. The fourth-order valence-corrected chi connectivity index (χ4v) is 5.96. The summed E-state index contributed by atoms with van der Waals surface area (Å²) < 4.78 is 1.64. The molecule has 4 saturated carbocycles. The Hall–Kier alpha value is -0.910. The lowest BCUT2D eigenvalue weighted by molar-refractivity contribution is -0.141. The Labute approximate surface area is 122 Å². The van der Waals surface area contributed by atoms with Crippen LogP contribution in [-0.4, -0.2) is 31.7 Å². The monoisotopic (exact) mass is 292 g/mol. The summed E-state index contributed by atoms with van der Waals surface area (Å²) in [5, 5.41) is 12.1. The van der Waals surface area contributed by atoms with Gasteiger partial charge in [0.15, 0.2) is 0 Å². The highest BCUT2D eigenvalue weighted by atomic mass is 32.2. The van der Waals surface area contributed by atoms with E-state index in [1.165, 1.54) is 31.0 Å². The van der Waals surface area contributed by atoms with Gasteiger partial charge in [-0.3, -0.25) is 4.79 Å². The maximum Gasteiger partial charge on any atom is 0.209 e. The summed E-state index contributed by atoms with van der Waals surface area (Å²) in [6.45, 7) is 0. The van der Waals surface area contributed by atoms with E-state index < -0.39 is 0 Å². The van der Waals surface area contributed by atoms with Crippen molar-refractivity contribution in [1.29, 1.82) is 0 Å². The highest BCUT2D eigenvalue weighted by Gasteiger charge is 2.54. The minimum atomic E-state index is 0.00771. The number of carbonyl (C=O) groups is 1. The van der Waals surface area contributed by atoms with Gasteiger partial charge in [0.05, 0.1) is 5.75 Å². The molecule has 0 N–H and O–H groups in total. The van der Waals surface area contributed by atoms with E-state index in [0.717, 1.165) is 42.2 Å². The van der Waals surface area contributed by atoms with E-state index in [-0.39, 0.29) is 5.41 Å². The molecule has 0 aliphatic heterocycles. The molecule has 0 aromatic carbocycles. The first-order valence-electron chi connectivity index (χ1n) is 7.53. The SMILES string of the molecule is Cn1nnnc1SCC(=O)C12CC3CC(CC(C3)C1)C2. The third-order valence-corrected chi connectivity index (χ3v) is 6.55. The Bertz CT molecular complexity index is 506. The molecule has 4 fully saturated rings. The van der Waals surface area contributed by atoms with Gasteiger partial charge in [-0.25, -0.2) is 4.68 Å². The van der Waals surface area contributed by atoms with Crippen LogP contribution in [0.25, 0.3) is 0 Å². The second-order valence-electron chi connectivity index (χ2n) is 6.99. The van der Waals surface area contributed by atoms with Crippen molar-refractivity contribution < 1.29 is 4.79 Å². The van der Waals surface area contributed by atoms with E-state index in [1.807, 2.05) is 7.05 Å². The molecular weight excluding hydrogens is 272 g/mol. The molecule has 0 radical (unpaired) electrons. The van der Waals surface area contributed by atoms with E-state index in [1.54, 1.807) is 4.68 Å².